The van der Waals surface area contributed by atoms with E-state index in [1.165, 1.54) is 18.2 Å². The number of nitriles is 1. The molecule has 0 fully saturated rings. The molecule has 1 N–H and O–H groups in total. The molecule has 96 valence electrons. The van der Waals surface area contributed by atoms with Crippen LogP contribution in [0.2, 0.25) is 0 Å². The largest absolute Gasteiger partial charge is 0.416 e. The Morgan fingerprint density at radius 3 is 2.32 bits per heavy atom. The average Bonchev–Trinajstić information content (AvgIpc) is 2.38. The number of rotatable bonds is 2. The van der Waals surface area contributed by atoms with E-state index in [9.17, 15) is 13.2 Å². The zero-order valence-electron chi connectivity index (χ0n) is 9.57. The first kappa shape index (κ1) is 12.9. The van der Waals surface area contributed by atoms with E-state index in [1.807, 2.05) is 6.07 Å². The second kappa shape index (κ2) is 4.98. The molecule has 1 aromatic carbocycles. The van der Waals surface area contributed by atoms with Gasteiger partial charge in [-0.3, -0.25) is 0 Å². The van der Waals surface area contributed by atoms with Crippen LogP contribution < -0.4 is 5.32 Å². The number of benzene rings is 1. The normalized spacial score (nSPS) is 10.8. The quantitative estimate of drug-likeness (QED) is 0.898. The van der Waals surface area contributed by atoms with Crippen LogP contribution in [0.5, 0.6) is 0 Å². The van der Waals surface area contributed by atoms with Gasteiger partial charge in [0.15, 0.2) is 0 Å². The van der Waals surface area contributed by atoms with Crippen molar-refractivity contribution in [2.45, 2.75) is 6.18 Å². The molecule has 6 heteroatoms. The molecule has 0 aliphatic heterocycles. The summed E-state index contributed by atoms with van der Waals surface area (Å²) in [5.74, 6) is 0.402. The van der Waals surface area contributed by atoms with Crippen molar-refractivity contribution < 1.29 is 13.2 Å². The van der Waals surface area contributed by atoms with Crippen LogP contribution in [-0.4, -0.2) is 4.98 Å². The van der Waals surface area contributed by atoms with Crippen LogP contribution in [0.4, 0.5) is 24.7 Å². The second-order valence-corrected chi connectivity index (χ2v) is 3.72. The zero-order chi connectivity index (χ0) is 13.9. The number of hydrogen-bond acceptors (Lipinski definition) is 3. The van der Waals surface area contributed by atoms with Crippen LogP contribution in [0.25, 0.3) is 0 Å². The van der Waals surface area contributed by atoms with Gasteiger partial charge in [-0.1, -0.05) is 6.07 Å². The molecular formula is C13H8F3N3. The third kappa shape index (κ3) is 3.22. The first-order chi connectivity index (χ1) is 8.99. The number of alkyl halides is 3. The highest BCUT2D eigenvalue weighted by Gasteiger charge is 2.29. The van der Waals surface area contributed by atoms with Gasteiger partial charge in [-0.25, -0.2) is 4.98 Å². The van der Waals surface area contributed by atoms with Crippen LogP contribution >= 0.6 is 0 Å². The highest BCUT2D eigenvalue weighted by atomic mass is 19.4. The van der Waals surface area contributed by atoms with Crippen molar-refractivity contribution in [1.82, 2.24) is 4.98 Å². The molecule has 0 aliphatic carbocycles. The summed E-state index contributed by atoms with van der Waals surface area (Å²) in [4.78, 5) is 3.96. The van der Waals surface area contributed by atoms with E-state index in [-0.39, 0.29) is 5.69 Å². The fraction of sp³-hybridized carbons (Fsp3) is 0.0769. The zero-order valence-corrected chi connectivity index (χ0v) is 9.57. The standard InChI is InChI=1S/C13H8F3N3/c14-13(15,16)9-4-6-10(7-5-9)18-12-3-1-2-11(8-17)19-12/h1-7H,(H,18,19). The van der Waals surface area contributed by atoms with Crippen molar-refractivity contribution >= 4 is 11.5 Å². The summed E-state index contributed by atoms with van der Waals surface area (Å²) in [6.07, 6.45) is -4.35. The third-order valence-corrected chi connectivity index (χ3v) is 2.35. The first-order valence-electron chi connectivity index (χ1n) is 5.30. The Bertz CT molecular complexity index is 612. The highest BCUT2D eigenvalue weighted by molar-refractivity contribution is 5.57. The van der Waals surface area contributed by atoms with Crippen molar-refractivity contribution in [1.29, 1.82) is 5.26 Å². The van der Waals surface area contributed by atoms with E-state index >= 15 is 0 Å². The smallest absolute Gasteiger partial charge is 0.340 e. The number of aromatic nitrogens is 1. The van der Waals surface area contributed by atoms with E-state index in [4.69, 9.17) is 5.26 Å². The van der Waals surface area contributed by atoms with Crippen LogP contribution in [0.3, 0.4) is 0 Å². The maximum atomic E-state index is 12.4. The predicted molar refractivity (Wildman–Crippen MR) is 63.7 cm³/mol. The Morgan fingerprint density at radius 2 is 1.74 bits per heavy atom. The van der Waals surface area contributed by atoms with Gasteiger partial charge < -0.3 is 5.32 Å². The molecule has 0 atom stereocenters. The molecule has 0 amide bonds. The highest BCUT2D eigenvalue weighted by Crippen LogP contribution is 2.30. The summed E-state index contributed by atoms with van der Waals surface area (Å²) in [6, 6.07) is 11.3. The van der Waals surface area contributed by atoms with Gasteiger partial charge in [-0.05, 0) is 36.4 Å². The van der Waals surface area contributed by atoms with Crippen molar-refractivity contribution in [3.05, 3.63) is 53.7 Å². The number of pyridine rings is 1. The van der Waals surface area contributed by atoms with Crippen LogP contribution in [0, 0.1) is 11.3 Å². The molecule has 19 heavy (non-hydrogen) atoms. The molecule has 1 aromatic heterocycles. The number of nitrogens with one attached hydrogen (secondary N) is 1. The Morgan fingerprint density at radius 1 is 1.05 bits per heavy atom. The van der Waals surface area contributed by atoms with Gasteiger partial charge >= 0.3 is 6.18 Å². The molecule has 0 saturated carbocycles. The molecule has 2 rings (SSSR count). The summed E-state index contributed by atoms with van der Waals surface area (Å²) in [7, 11) is 0. The minimum atomic E-state index is -4.35. The molecule has 0 bridgehead atoms. The predicted octanol–water partition coefficient (Wildman–Crippen LogP) is 3.72. The van der Waals surface area contributed by atoms with E-state index in [0.29, 0.717) is 11.5 Å². The van der Waals surface area contributed by atoms with Crippen LogP contribution in [0.1, 0.15) is 11.3 Å². The summed E-state index contributed by atoms with van der Waals surface area (Å²) in [5.41, 5.74) is -0.00992. The Kier molecular flexibility index (Phi) is 3.38. The van der Waals surface area contributed by atoms with Gasteiger partial charge in [0.05, 0.1) is 5.56 Å². The Labute approximate surface area is 107 Å². The minimum Gasteiger partial charge on any atom is -0.340 e. The molecule has 0 saturated heterocycles. The van der Waals surface area contributed by atoms with Gasteiger partial charge in [-0.2, -0.15) is 18.4 Å². The van der Waals surface area contributed by atoms with Crippen molar-refractivity contribution in [2.75, 3.05) is 5.32 Å². The van der Waals surface area contributed by atoms with Crippen molar-refractivity contribution in [2.24, 2.45) is 0 Å². The molecule has 0 spiro atoms. The topological polar surface area (TPSA) is 48.7 Å². The molecule has 3 nitrogen and oxygen atoms in total. The first-order valence-corrected chi connectivity index (χ1v) is 5.30. The SMILES string of the molecule is N#Cc1cccc(Nc2ccc(C(F)(F)F)cc2)n1. The third-order valence-electron chi connectivity index (χ3n) is 2.35. The summed E-state index contributed by atoms with van der Waals surface area (Å²) in [5, 5.41) is 11.5. The molecule has 0 aliphatic rings. The Hall–Kier alpha value is -2.55. The van der Waals surface area contributed by atoms with Gasteiger partial charge in [-0.15, -0.1) is 0 Å². The Balaban J connectivity index is 2.18. The molecule has 2 aromatic rings. The number of hydrogen-bond donors (Lipinski definition) is 1. The average molecular weight is 263 g/mol. The summed E-state index contributed by atoms with van der Waals surface area (Å²) >= 11 is 0. The lowest BCUT2D eigenvalue weighted by atomic mass is 10.2. The summed E-state index contributed by atoms with van der Waals surface area (Å²) in [6.45, 7) is 0. The number of anilines is 2. The fourth-order valence-corrected chi connectivity index (χ4v) is 1.46. The number of halogens is 3. The van der Waals surface area contributed by atoms with Crippen LogP contribution in [-0.2, 0) is 6.18 Å². The van der Waals surface area contributed by atoms with Crippen molar-refractivity contribution in [3.63, 3.8) is 0 Å². The lowest BCUT2D eigenvalue weighted by Gasteiger charge is -2.09. The van der Waals surface area contributed by atoms with Gasteiger partial charge in [0.2, 0.25) is 0 Å². The maximum absolute atomic E-state index is 12.4. The van der Waals surface area contributed by atoms with Gasteiger partial charge in [0, 0.05) is 5.69 Å². The van der Waals surface area contributed by atoms with E-state index < -0.39 is 11.7 Å². The second-order valence-electron chi connectivity index (χ2n) is 3.72. The summed E-state index contributed by atoms with van der Waals surface area (Å²) < 4.78 is 37.1. The van der Waals surface area contributed by atoms with E-state index in [2.05, 4.69) is 10.3 Å². The monoisotopic (exact) mass is 263 g/mol. The van der Waals surface area contributed by atoms with Crippen molar-refractivity contribution in [3.8, 4) is 6.07 Å². The fourth-order valence-electron chi connectivity index (χ4n) is 1.46. The molecule has 0 unspecified atom stereocenters. The lowest BCUT2D eigenvalue weighted by Crippen LogP contribution is -2.04. The number of nitrogens with zero attached hydrogens (tertiary/aromatic N) is 2. The minimum absolute atomic E-state index is 0.233. The molecule has 0 radical (unpaired) electrons. The molecule has 1 heterocycles. The lowest BCUT2D eigenvalue weighted by molar-refractivity contribution is -0.137. The molecular weight excluding hydrogens is 255 g/mol. The van der Waals surface area contributed by atoms with E-state index in [0.717, 1.165) is 12.1 Å². The van der Waals surface area contributed by atoms with Gasteiger partial charge in [0.1, 0.15) is 17.6 Å². The maximum Gasteiger partial charge on any atom is 0.416 e. The van der Waals surface area contributed by atoms with Crippen LogP contribution in [0.15, 0.2) is 42.5 Å². The van der Waals surface area contributed by atoms with Gasteiger partial charge in [0.25, 0.3) is 0 Å². The van der Waals surface area contributed by atoms with E-state index in [1.54, 1.807) is 12.1 Å².